The van der Waals surface area contributed by atoms with E-state index in [1.807, 2.05) is 54.1 Å². The van der Waals surface area contributed by atoms with Crippen LogP contribution in [-0.4, -0.2) is 39.9 Å². The standard InChI is InChI=1S/C22H23N7O2/c1-14-21-17(26-22(30)28(2)20-11-19(23)24-13-25-20)8-5-9-18(21)29(27-14)12-15-6-4-7-16(10-15)31-3/h4-11,13H,12H2,1-3H3,(H,26,30)(H2,23,24,25). The molecule has 0 bridgehead atoms. The largest absolute Gasteiger partial charge is 0.497 e. The number of nitrogens with two attached hydrogens (primary N) is 1. The predicted octanol–water partition coefficient (Wildman–Crippen LogP) is 3.44. The lowest BCUT2D eigenvalue weighted by atomic mass is 10.1. The van der Waals surface area contributed by atoms with Gasteiger partial charge in [0, 0.05) is 18.5 Å². The van der Waals surface area contributed by atoms with Gasteiger partial charge in [0.1, 0.15) is 23.7 Å². The van der Waals surface area contributed by atoms with Crippen molar-refractivity contribution in [2.75, 3.05) is 30.1 Å². The van der Waals surface area contributed by atoms with E-state index in [0.29, 0.717) is 23.9 Å². The summed E-state index contributed by atoms with van der Waals surface area (Å²) in [5.41, 5.74) is 9.19. The first kappa shape index (κ1) is 20.1. The molecule has 2 aromatic heterocycles. The van der Waals surface area contributed by atoms with E-state index in [2.05, 4.69) is 15.3 Å². The van der Waals surface area contributed by atoms with E-state index in [1.54, 1.807) is 14.2 Å². The number of aromatic nitrogens is 4. The van der Waals surface area contributed by atoms with Crippen LogP contribution >= 0.6 is 0 Å². The molecule has 2 aromatic carbocycles. The molecule has 0 saturated carbocycles. The first-order valence-electron chi connectivity index (χ1n) is 9.67. The van der Waals surface area contributed by atoms with Gasteiger partial charge in [-0.1, -0.05) is 18.2 Å². The Morgan fingerprint density at radius 2 is 2.00 bits per heavy atom. The molecule has 0 radical (unpaired) electrons. The van der Waals surface area contributed by atoms with Gasteiger partial charge in [0.2, 0.25) is 0 Å². The van der Waals surface area contributed by atoms with E-state index in [0.717, 1.165) is 27.9 Å². The Morgan fingerprint density at radius 3 is 2.77 bits per heavy atom. The van der Waals surface area contributed by atoms with Gasteiger partial charge in [0.15, 0.2) is 0 Å². The average molecular weight is 417 g/mol. The van der Waals surface area contributed by atoms with Gasteiger partial charge in [0.05, 0.1) is 30.6 Å². The van der Waals surface area contributed by atoms with Crippen molar-refractivity contribution in [2.45, 2.75) is 13.5 Å². The molecule has 0 aliphatic carbocycles. The Balaban J connectivity index is 1.63. The number of nitrogens with zero attached hydrogens (tertiary/aromatic N) is 5. The number of hydrogen-bond donors (Lipinski definition) is 2. The van der Waals surface area contributed by atoms with Gasteiger partial charge >= 0.3 is 6.03 Å². The highest BCUT2D eigenvalue weighted by Crippen LogP contribution is 2.28. The summed E-state index contributed by atoms with van der Waals surface area (Å²) in [6.07, 6.45) is 1.32. The minimum atomic E-state index is -0.342. The number of fused-ring (bicyclic) bond motifs is 1. The van der Waals surface area contributed by atoms with Gasteiger partial charge in [-0.05, 0) is 36.8 Å². The minimum absolute atomic E-state index is 0.293. The van der Waals surface area contributed by atoms with Crippen molar-refractivity contribution < 1.29 is 9.53 Å². The van der Waals surface area contributed by atoms with E-state index < -0.39 is 0 Å². The number of urea groups is 1. The summed E-state index contributed by atoms with van der Waals surface area (Å²) in [7, 11) is 3.27. The molecule has 4 rings (SSSR count). The number of methoxy groups -OCH3 is 1. The summed E-state index contributed by atoms with van der Waals surface area (Å²) in [6.45, 7) is 2.51. The lowest BCUT2D eigenvalue weighted by Gasteiger charge is -2.17. The van der Waals surface area contributed by atoms with Crippen LogP contribution < -0.4 is 20.7 Å². The number of benzene rings is 2. The van der Waals surface area contributed by atoms with Gasteiger partial charge in [-0.25, -0.2) is 14.8 Å². The number of carbonyl (C=O) groups is 1. The molecular weight excluding hydrogens is 394 g/mol. The Hall–Kier alpha value is -4.14. The molecule has 158 valence electrons. The fourth-order valence-corrected chi connectivity index (χ4v) is 3.44. The zero-order valence-electron chi connectivity index (χ0n) is 17.5. The van der Waals surface area contributed by atoms with E-state index in [-0.39, 0.29) is 6.03 Å². The lowest BCUT2D eigenvalue weighted by Crippen LogP contribution is -2.32. The highest BCUT2D eigenvalue weighted by Gasteiger charge is 2.17. The Labute approximate surface area is 179 Å². The monoisotopic (exact) mass is 417 g/mol. The topological polar surface area (TPSA) is 111 Å². The van der Waals surface area contributed by atoms with Gasteiger partial charge in [-0.2, -0.15) is 5.10 Å². The van der Waals surface area contributed by atoms with Gasteiger partial charge < -0.3 is 15.8 Å². The highest BCUT2D eigenvalue weighted by molar-refractivity contribution is 6.07. The van der Waals surface area contributed by atoms with Crippen LogP contribution in [0.25, 0.3) is 10.9 Å². The molecular formula is C22H23N7O2. The quantitative estimate of drug-likeness (QED) is 0.515. The van der Waals surface area contributed by atoms with Gasteiger partial charge in [0.25, 0.3) is 0 Å². The molecule has 0 saturated heterocycles. The third-order valence-electron chi connectivity index (χ3n) is 4.98. The van der Waals surface area contributed by atoms with Crippen molar-refractivity contribution >= 4 is 34.3 Å². The van der Waals surface area contributed by atoms with Crippen LogP contribution in [0, 0.1) is 6.92 Å². The van der Waals surface area contributed by atoms with Crippen LogP contribution in [-0.2, 0) is 6.54 Å². The van der Waals surface area contributed by atoms with Crippen molar-refractivity contribution in [3.8, 4) is 5.75 Å². The normalized spacial score (nSPS) is 10.8. The van der Waals surface area contributed by atoms with E-state index in [9.17, 15) is 4.79 Å². The summed E-state index contributed by atoms with van der Waals surface area (Å²) in [5.74, 6) is 1.50. The molecule has 3 N–H and O–H groups in total. The number of carbonyl (C=O) groups excluding carboxylic acids is 1. The molecule has 9 heteroatoms. The number of anilines is 3. The zero-order chi connectivity index (χ0) is 22.0. The zero-order valence-corrected chi connectivity index (χ0v) is 17.5. The number of nitrogen functional groups attached to an aromatic ring is 1. The molecule has 9 nitrogen and oxygen atoms in total. The summed E-state index contributed by atoms with van der Waals surface area (Å²) >= 11 is 0. The van der Waals surface area contributed by atoms with Crippen LogP contribution in [0.4, 0.5) is 22.1 Å². The van der Waals surface area contributed by atoms with Crippen LogP contribution in [0.15, 0.2) is 54.9 Å². The predicted molar refractivity (Wildman–Crippen MR) is 120 cm³/mol. The summed E-state index contributed by atoms with van der Waals surface area (Å²) in [6, 6.07) is 14.8. The van der Waals surface area contributed by atoms with Gasteiger partial charge in [-0.15, -0.1) is 0 Å². The fourth-order valence-electron chi connectivity index (χ4n) is 3.44. The van der Waals surface area contributed by atoms with Crippen LogP contribution in [0.3, 0.4) is 0 Å². The molecule has 0 fully saturated rings. The van der Waals surface area contributed by atoms with Crippen molar-refractivity contribution in [3.05, 3.63) is 66.1 Å². The van der Waals surface area contributed by atoms with Crippen LogP contribution in [0.5, 0.6) is 5.75 Å². The molecule has 2 heterocycles. The van der Waals surface area contributed by atoms with Crippen molar-refractivity contribution in [3.63, 3.8) is 0 Å². The summed E-state index contributed by atoms with van der Waals surface area (Å²) < 4.78 is 7.24. The second-order valence-electron chi connectivity index (χ2n) is 7.08. The Kier molecular flexibility index (Phi) is 5.40. The molecule has 0 spiro atoms. The first-order valence-corrected chi connectivity index (χ1v) is 9.67. The lowest BCUT2D eigenvalue weighted by molar-refractivity contribution is 0.258. The molecule has 0 aliphatic rings. The molecule has 0 unspecified atom stereocenters. The number of aryl methyl sites for hydroxylation is 1. The van der Waals surface area contributed by atoms with Crippen molar-refractivity contribution in [2.24, 2.45) is 0 Å². The number of ether oxygens (including phenoxy) is 1. The first-order chi connectivity index (χ1) is 15.0. The number of nitrogens with one attached hydrogen (secondary N) is 1. The second-order valence-corrected chi connectivity index (χ2v) is 7.08. The Morgan fingerprint density at radius 1 is 1.19 bits per heavy atom. The van der Waals surface area contributed by atoms with Crippen LogP contribution in [0.1, 0.15) is 11.3 Å². The number of rotatable bonds is 5. The Bertz CT molecular complexity index is 1250. The van der Waals surface area contributed by atoms with Crippen molar-refractivity contribution in [1.29, 1.82) is 0 Å². The highest BCUT2D eigenvalue weighted by atomic mass is 16.5. The number of amides is 2. The fraction of sp³-hybridized carbons (Fsp3) is 0.182. The molecule has 4 aromatic rings. The maximum absolute atomic E-state index is 12.8. The summed E-state index contributed by atoms with van der Waals surface area (Å²) in [5, 5.41) is 8.53. The maximum Gasteiger partial charge on any atom is 0.327 e. The maximum atomic E-state index is 12.8. The minimum Gasteiger partial charge on any atom is -0.497 e. The van der Waals surface area contributed by atoms with E-state index in [4.69, 9.17) is 15.6 Å². The smallest absolute Gasteiger partial charge is 0.327 e. The van der Waals surface area contributed by atoms with Crippen molar-refractivity contribution in [1.82, 2.24) is 19.7 Å². The molecule has 2 amide bonds. The SMILES string of the molecule is COc1cccc(Cn2nc(C)c3c(NC(=O)N(C)c4cc(N)ncn4)cccc32)c1. The third kappa shape index (κ3) is 4.11. The van der Waals surface area contributed by atoms with E-state index in [1.165, 1.54) is 17.3 Å². The average Bonchev–Trinajstić information content (AvgIpc) is 3.09. The molecule has 0 atom stereocenters. The number of hydrogen-bond acceptors (Lipinski definition) is 6. The molecule has 0 aliphatic heterocycles. The summed E-state index contributed by atoms with van der Waals surface area (Å²) in [4.78, 5) is 22.2. The van der Waals surface area contributed by atoms with E-state index >= 15 is 0 Å². The van der Waals surface area contributed by atoms with Crippen LogP contribution in [0.2, 0.25) is 0 Å². The molecule has 31 heavy (non-hydrogen) atoms. The third-order valence-corrected chi connectivity index (χ3v) is 4.98. The van der Waals surface area contributed by atoms with Gasteiger partial charge in [-0.3, -0.25) is 9.58 Å². The second kappa shape index (κ2) is 8.31.